The van der Waals surface area contributed by atoms with Gasteiger partial charge < -0.3 is 26.2 Å². The van der Waals surface area contributed by atoms with Crippen LogP contribution in [0.4, 0.5) is 10.5 Å². The van der Waals surface area contributed by atoms with Crippen LogP contribution in [-0.4, -0.2) is 62.8 Å². The summed E-state index contributed by atoms with van der Waals surface area (Å²) < 4.78 is 6.72. The summed E-state index contributed by atoms with van der Waals surface area (Å²) in [5.41, 5.74) is 9.04. The number of hydrogen-bond acceptors (Lipinski definition) is 10. The molecular weight excluding hydrogens is 774 g/mol. The average Bonchev–Trinajstić information content (AvgIpc) is 3.57. The zero-order valence-corrected chi connectivity index (χ0v) is 33.4. The van der Waals surface area contributed by atoms with Gasteiger partial charge in [-0.1, -0.05) is 80.6 Å². The summed E-state index contributed by atoms with van der Waals surface area (Å²) in [6, 6.07) is 25.3. The quantitative estimate of drug-likeness (QED) is 0.0845. The molecule has 15 heteroatoms. The molecule has 6 N–H and O–H groups in total. The van der Waals surface area contributed by atoms with Crippen LogP contribution in [-0.2, 0) is 16.1 Å². The predicted molar refractivity (Wildman–Crippen MR) is 224 cm³/mol. The van der Waals surface area contributed by atoms with E-state index in [-0.39, 0.29) is 72.7 Å². The van der Waals surface area contributed by atoms with E-state index in [2.05, 4.69) is 16.0 Å². The predicted octanol–water partition coefficient (Wildman–Crippen LogP) is 4.99. The fraction of sp³-hybridized carbons (Fsp3) is 0.318. The third-order valence-corrected chi connectivity index (χ3v) is 11.2. The third kappa shape index (κ3) is 7.60. The molecule has 0 bridgehead atoms. The van der Waals surface area contributed by atoms with Gasteiger partial charge in [0.15, 0.2) is 5.78 Å². The molecule has 0 spiro atoms. The highest BCUT2D eigenvalue weighted by atomic mass is 35.5. The molecule has 1 aromatic heterocycles. The number of Topliss-reactive ketones (excluding diaryl/α,β-unsaturated/α-hetero) is 1. The number of ketones is 1. The Kier molecular flexibility index (Phi) is 11.7. The molecule has 0 aliphatic carbocycles. The van der Waals surface area contributed by atoms with Crippen molar-refractivity contribution < 1.29 is 29.0 Å². The monoisotopic (exact) mass is 819 g/mol. The van der Waals surface area contributed by atoms with Gasteiger partial charge in [0.25, 0.3) is 11.5 Å². The number of nitrogens with zero attached hydrogens (tertiary/aromatic N) is 3. The Labute approximate surface area is 346 Å². The number of nitrogens with one attached hydrogen (secondary N) is 3. The van der Waals surface area contributed by atoms with E-state index in [9.17, 15) is 29.1 Å². The lowest BCUT2D eigenvalue weighted by Crippen LogP contribution is -2.54. The van der Waals surface area contributed by atoms with Crippen molar-refractivity contribution in [2.24, 2.45) is 11.7 Å². The van der Waals surface area contributed by atoms with Crippen molar-refractivity contribution in [3.05, 3.63) is 135 Å². The van der Waals surface area contributed by atoms with Crippen LogP contribution in [0.15, 0.2) is 102 Å². The molecule has 8 rings (SSSR count). The summed E-state index contributed by atoms with van der Waals surface area (Å²) >= 11 is 0. The highest BCUT2D eigenvalue weighted by molar-refractivity contribution is 6.08. The second-order valence-corrected chi connectivity index (χ2v) is 15.5. The van der Waals surface area contributed by atoms with E-state index in [1.165, 1.54) is 9.47 Å². The number of ether oxygens (including phenoxy) is 1. The Bertz CT molecular complexity index is 2500. The normalized spacial score (nSPS) is 20.8. The molecule has 5 unspecified atom stereocenters. The number of halogens is 1. The van der Waals surface area contributed by atoms with E-state index in [4.69, 9.17) is 15.5 Å². The minimum atomic E-state index is -2.00. The van der Waals surface area contributed by atoms with E-state index in [1.807, 2.05) is 44.2 Å². The summed E-state index contributed by atoms with van der Waals surface area (Å²) in [5, 5.41) is 22.1. The molecule has 3 aliphatic heterocycles. The molecule has 5 atom stereocenters. The lowest BCUT2D eigenvalue weighted by Gasteiger charge is -2.34. The van der Waals surface area contributed by atoms with Gasteiger partial charge in [-0.05, 0) is 73.1 Å². The second kappa shape index (κ2) is 16.7. The zero-order chi connectivity index (χ0) is 40.7. The largest absolute Gasteiger partial charge is 0.445 e. The van der Waals surface area contributed by atoms with Crippen LogP contribution < -0.4 is 32.1 Å². The van der Waals surface area contributed by atoms with E-state index >= 15 is 0 Å². The van der Waals surface area contributed by atoms with Crippen LogP contribution >= 0.6 is 12.4 Å². The zero-order valence-electron chi connectivity index (χ0n) is 32.6. The first-order valence-corrected chi connectivity index (χ1v) is 19.6. The number of nitrogens with two attached hydrogens (primary N) is 1. The molecule has 14 nitrogen and oxygen atoms in total. The van der Waals surface area contributed by atoms with Gasteiger partial charge in [0.05, 0.1) is 51.9 Å². The van der Waals surface area contributed by atoms with Crippen LogP contribution in [0.5, 0.6) is 0 Å². The Morgan fingerprint density at radius 3 is 2.42 bits per heavy atom. The topological polar surface area (TPSA) is 198 Å². The number of alkyl carbamates (subject to hydrolysis) is 1. The average molecular weight is 820 g/mol. The molecule has 3 amide bonds. The second-order valence-electron chi connectivity index (χ2n) is 15.5. The van der Waals surface area contributed by atoms with Crippen molar-refractivity contribution in [2.75, 3.05) is 11.4 Å². The van der Waals surface area contributed by atoms with E-state index in [1.54, 1.807) is 66.7 Å². The van der Waals surface area contributed by atoms with Crippen molar-refractivity contribution in [3.63, 3.8) is 0 Å². The fourth-order valence-corrected chi connectivity index (χ4v) is 8.50. The lowest BCUT2D eigenvalue weighted by atomic mass is 9.84. The van der Waals surface area contributed by atoms with Gasteiger partial charge in [-0.15, -0.1) is 12.4 Å². The highest BCUT2D eigenvalue weighted by Crippen LogP contribution is 2.53. The summed E-state index contributed by atoms with van der Waals surface area (Å²) in [7, 11) is 0. The molecular formula is C44H46ClN7O7. The van der Waals surface area contributed by atoms with E-state index < -0.39 is 47.7 Å². The maximum absolute atomic E-state index is 14.3. The van der Waals surface area contributed by atoms with Crippen LogP contribution in [0, 0.1) is 5.92 Å². The maximum atomic E-state index is 14.3. The summed E-state index contributed by atoms with van der Waals surface area (Å²) in [5.74, 6) is -3.86. The minimum absolute atomic E-state index is 0. The number of amides is 3. The third-order valence-electron chi connectivity index (χ3n) is 11.2. The van der Waals surface area contributed by atoms with Crippen molar-refractivity contribution in [1.82, 2.24) is 25.5 Å². The maximum Gasteiger partial charge on any atom is 0.407 e. The minimum Gasteiger partial charge on any atom is -0.445 e. The van der Waals surface area contributed by atoms with Gasteiger partial charge >= 0.3 is 6.09 Å². The molecule has 1 fully saturated rings. The standard InChI is InChI=1S/C44H45N7O7.ClH/c1-25(2)22-34-42(55)51-36-20-10-16-29(38(52)31(45)17-11-21-46-43(56)58-24-26-12-4-3-5-13-26)37(36)30(44(51,57)49-34)23-33-39-47-32-18-8-6-14-27(32)41(54)50(39)35-19-9-7-15-28(35)40(53)48-33;/h3-10,12-16,18-20,25,30-31,33-34,49,57H,11,17,21-24,45H2,1-2H3,(H,46,56)(H,48,53);1H. The molecule has 1 saturated heterocycles. The van der Waals surface area contributed by atoms with Crippen molar-refractivity contribution >= 4 is 52.7 Å². The molecule has 5 aromatic rings. The van der Waals surface area contributed by atoms with Gasteiger partial charge in [-0.2, -0.15) is 0 Å². The molecule has 59 heavy (non-hydrogen) atoms. The van der Waals surface area contributed by atoms with Crippen LogP contribution in [0.25, 0.3) is 16.6 Å². The lowest BCUT2D eigenvalue weighted by molar-refractivity contribution is -0.119. The van der Waals surface area contributed by atoms with E-state index in [0.717, 1.165) is 5.56 Å². The highest BCUT2D eigenvalue weighted by Gasteiger charge is 2.61. The van der Waals surface area contributed by atoms with Gasteiger partial charge in [-0.3, -0.25) is 34.0 Å². The molecule has 3 aliphatic rings. The number of anilines is 1. The van der Waals surface area contributed by atoms with Crippen molar-refractivity contribution in [3.8, 4) is 5.69 Å². The van der Waals surface area contributed by atoms with Gasteiger partial charge in [0.2, 0.25) is 11.8 Å². The molecule has 0 saturated carbocycles. The summed E-state index contributed by atoms with van der Waals surface area (Å²) in [4.78, 5) is 75.3. The smallest absolute Gasteiger partial charge is 0.407 e. The summed E-state index contributed by atoms with van der Waals surface area (Å²) in [6.07, 6.45) is 0.386. The molecule has 4 heterocycles. The van der Waals surface area contributed by atoms with Gasteiger partial charge in [0.1, 0.15) is 12.4 Å². The first-order valence-electron chi connectivity index (χ1n) is 19.6. The van der Waals surface area contributed by atoms with Gasteiger partial charge in [0, 0.05) is 12.1 Å². The van der Waals surface area contributed by atoms with Crippen LogP contribution in [0.3, 0.4) is 0 Å². The number of rotatable bonds is 12. The number of carbonyl (C=O) groups excluding carboxylic acids is 4. The number of aliphatic hydroxyl groups is 1. The van der Waals surface area contributed by atoms with Crippen molar-refractivity contribution in [2.45, 2.75) is 76.0 Å². The fourth-order valence-electron chi connectivity index (χ4n) is 8.50. The van der Waals surface area contributed by atoms with Gasteiger partial charge in [-0.25, -0.2) is 9.78 Å². The molecule has 0 radical (unpaired) electrons. The number of carbonyl (C=O) groups is 4. The number of benzene rings is 4. The number of fused-ring (bicyclic) bond motifs is 7. The first kappa shape index (κ1) is 41.2. The summed E-state index contributed by atoms with van der Waals surface area (Å²) in [6.45, 7) is 4.31. The number of hydrogen-bond donors (Lipinski definition) is 5. The van der Waals surface area contributed by atoms with Crippen molar-refractivity contribution in [1.29, 1.82) is 0 Å². The Hall–Kier alpha value is -5.93. The Morgan fingerprint density at radius 1 is 0.932 bits per heavy atom. The Morgan fingerprint density at radius 2 is 1.64 bits per heavy atom. The molecule has 4 aromatic carbocycles. The van der Waals surface area contributed by atoms with Crippen LogP contribution in [0.1, 0.15) is 89.2 Å². The first-order chi connectivity index (χ1) is 28.0. The number of para-hydroxylation sites is 2. The van der Waals surface area contributed by atoms with E-state index in [0.29, 0.717) is 40.7 Å². The Balaban J connectivity index is 0.00000528. The van der Waals surface area contributed by atoms with Crippen LogP contribution in [0.2, 0.25) is 0 Å². The number of aromatic nitrogens is 2. The molecule has 306 valence electrons. The SMILES string of the molecule is CC(C)CC1NC2(O)C(CC3NC(=O)c4ccccc4-n4c3nc3ccccc3c4=O)c3c(C(=O)C(N)CCCNC(=O)OCc4ccccc4)cccc3N2C1=O.Cl.